The summed E-state index contributed by atoms with van der Waals surface area (Å²) in [6.45, 7) is 3.88. The molecule has 0 unspecified atom stereocenters. The molecule has 1 aromatic carbocycles. The Kier molecular flexibility index (Phi) is 5.24. The number of morpholine rings is 1. The molecule has 6 nitrogen and oxygen atoms in total. The first-order valence-electron chi connectivity index (χ1n) is 7.71. The van der Waals surface area contributed by atoms with E-state index in [1.54, 1.807) is 11.4 Å². The predicted molar refractivity (Wildman–Crippen MR) is 93.3 cm³/mol. The maximum atomic E-state index is 12.6. The third-order valence-corrected chi connectivity index (χ3v) is 4.80. The summed E-state index contributed by atoms with van der Waals surface area (Å²) in [4.78, 5) is 26.4. The predicted octanol–water partition coefficient (Wildman–Crippen LogP) is 1.93. The number of primary amides is 1. The number of benzene rings is 1. The van der Waals surface area contributed by atoms with Gasteiger partial charge in [-0.1, -0.05) is 18.2 Å². The number of hydrogen-bond acceptors (Lipinski definition) is 5. The summed E-state index contributed by atoms with van der Waals surface area (Å²) in [5.41, 5.74) is 7.43. The summed E-state index contributed by atoms with van der Waals surface area (Å²) >= 11 is 1.22. The normalized spacial score (nSPS) is 15.2. The number of nitrogens with zero attached hydrogens (tertiary/aromatic N) is 1. The minimum absolute atomic E-state index is 0.187. The summed E-state index contributed by atoms with van der Waals surface area (Å²) in [6.07, 6.45) is 0. The molecule has 1 saturated heterocycles. The highest BCUT2D eigenvalue weighted by Gasteiger charge is 2.16. The van der Waals surface area contributed by atoms with Crippen LogP contribution >= 0.6 is 11.3 Å². The number of anilines is 1. The Morgan fingerprint density at radius 1 is 1.25 bits per heavy atom. The van der Waals surface area contributed by atoms with Crippen LogP contribution in [-0.2, 0) is 11.3 Å². The lowest BCUT2D eigenvalue weighted by atomic mass is 10.1. The molecule has 1 aliphatic heterocycles. The molecule has 0 radical (unpaired) electrons. The zero-order valence-electron chi connectivity index (χ0n) is 13.2. The van der Waals surface area contributed by atoms with Gasteiger partial charge >= 0.3 is 0 Å². The first kappa shape index (κ1) is 16.6. The van der Waals surface area contributed by atoms with Gasteiger partial charge < -0.3 is 15.8 Å². The van der Waals surface area contributed by atoms with Crippen molar-refractivity contribution in [1.29, 1.82) is 0 Å². The largest absolute Gasteiger partial charge is 0.379 e. The molecule has 126 valence electrons. The molecule has 0 bridgehead atoms. The van der Waals surface area contributed by atoms with E-state index in [0.29, 0.717) is 22.7 Å². The highest BCUT2D eigenvalue weighted by Crippen LogP contribution is 2.21. The maximum Gasteiger partial charge on any atom is 0.258 e. The molecule has 1 fully saturated rings. The molecular formula is C17H19N3O3S. The molecule has 2 amide bonds. The second kappa shape index (κ2) is 7.57. The van der Waals surface area contributed by atoms with Crippen LogP contribution in [0.3, 0.4) is 0 Å². The second-order valence-corrected chi connectivity index (χ2v) is 6.47. The van der Waals surface area contributed by atoms with E-state index in [-0.39, 0.29) is 5.91 Å². The number of ether oxygens (including phenoxy) is 1. The van der Waals surface area contributed by atoms with E-state index >= 15 is 0 Å². The van der Waals surface area contributed by atoms with Crippen molar-refractivity contribution in [2.45, 2.75) is 6.54 Å². The maximum absolute atomic E-state index is 12.6. The third kappa shape index (κ3) is 4.00. The molecule has 2 heterocycles. The molecule has 1 aliphatic rings. The van der Waals surface area contributed by atoms with Gasteiger partial charge in [-0.25, -0.2) is 0 Å². The van der Waals surface area contributed by atoms with E-state index in [1.165, 1.54) is 11.3 Å². The Morgan fingerprint density at radius 3 is 2.71 bits per heavy atom. The van der Waals surface area contributed by atoms with Gasteiger partial charge in [-0.15, -0.1) is 11.3 Å². The van der Waals surface area contributed by atoms with Crippen molar-refractivity contribution in [1.82, 2.24) is 4.90 Å². The first-order chi connectivity index (χ1) is 11.6. The van der Waals surface area contributed by atoms with Crippen molar-refractivity contribution in [2.24, 2.45) is 5.73 Å². The van der Waals surface area contributed by atoms with Crippen LogP contribution in [0.1, 0.15) is 25.6 Å². The summed E-state index contributed by atoms with van der Waals surface area (Å²) < 4.78 is 5.36. The number of amides is 2. The van der Waals surface area contributed by atoms with Gasteiger partial charge in [-0.3, -0.25) is 14.5 Å². The second-order valence-electron chi connectivity index (χ2n) is 5.56. The van der Waals surface area contributed by atoms with Crippen LogP contribution < -0.4 is 11.1 Å². The van der Waals surface area contributed by atoms with Gasteiger partial charge in [-0.2, -0.15) is 0 Å². The molecule has 3 N–H and O–H groups in total. The number of nitrogens with two attached hydrogens (primary N) is 1. The molecule has 3 rings (SSSR count). The topological polar surface area (TPSA) is 84.7 Å². The summed E-state index contributed by atoms with van der Waals surface area (Å²) in [5.74, 6) is -0.680. The fraction of sp³-hybridized carbons (Fsp3) is 0.294. The minimum atomic E-state index is -0.492. The third-order valence-electron chi connectivity index (χ3n) is 3.86. The molecule has 0 aliphatic carbocycles. The van der Waals surface area contributed by atoms with E-state index in [0.717, 1.165) is 31.9 Å². The lowest BCUT2D eigenvalue weighted by molar-refractivity contribution is 0.0341. The highest BCUT2D eigenvalue weighted by atomic mass is 32.1. The summed E-state index contributed by atoms with van der Waals surface area (Å²) in [6, 6.07) is 9.15. The SMILES string of the molecule is NC(=O)c1cc(NC(=O)c2ccccc2CN2CCOCC2)cs1. The Bertz CT molecular complexity index is 738. The molecule has 2 aromatic rings. The first-order valence-corrected chi connectivity index (χ1v) is 8.59. The van der Waals surface area contributed by atoms with Crippen molar-refractivity contribution in [3.63, 3.8) is 0 Å². The molecule has 24 heavy (non-hydrogen) atoms. The minimum Gasteiger partial charge on any atom is -0.379 e. The summed E-state index contributed by atoms with van der Waals surface area (Å²) in [5, 5.41) is 4.54. The Morgan fingerprint density at radius 2 is 2.00 bits per heavy atom. The number of rotatable bonds is 5. The zero-order valence-corrected chi connectivity index (χ0v) is 14.0. The van der Waals surface area contributed by atoms with Crippen LogP contribution in [0.5, 0.6) is 0 Å². The van der Waals surface area contributed by atoms with Crippen molar-refractivity contribution >= 4 is 28.8 Å². The van der Waals surface area contributed by atoms with E-state index < -0.39 is 5.91 Å². The van der Waals surface area contributed by atoms with Crippen LogP contribution in [0, 0.1) is 0 Å². The van der Waals surface area contributed by atoms with Crippen molar-refractivity contribution in [2.75, 3.05) is 31.6 Å². The van der Waals surface area contributed by atoms with E-state index in [2.05, 4.69) is 10.2 Å². The smallest absolute Gasteiger partial charge is 0.258 e. The van der Waals surface area contributed by atoms with E-state index in [4.69, 9.17) is 10.5 Å². The monoisotopic (exact) mass is 345 g/mol. The van der Waals surface area contributed by atoms with Crippen LogP contribution in [-0.4, -0.2) is 43.0 Å². The Balaban J connectivity index is 1.72. The van der Waals surface area contributed by atoms with Gasteiger partial charge in [0.15, 0.2) is 0 Å². The zero-order chi connectivity index (χ0) is 16.9. The van der Waals surface area contributed by atoms with Gasteiger partial charge in [0, 0.05) is 30.6 Å². The number of nitrogens with one attached hydrogen (secondary N) is 1. The number of carbonyl (C=O) groups is 2. The van der Waals surface area contributed by atoms with Crippen molar-refractivity contribution in [3.8, 4) is 0 Å². The van der Waals surface area contributed by atoms with E-state index in [1.807, 2.05) is 24.3 Å². The highest BCUT2D eigenvalue weighted by molar-refractivity contribution is 7.12. The van der Waals surface area contributed by atoms with Crippen LogP contribution in [0.15, 0.2) is 35.7 Å². The molecular weight excluding hydrogens is 326 g/mol. The number of carbonyl (C=O) groups excluding carboxylic acids is 2. The van der Waals surface area contributed by atoms with Crippen LogP contribution in [0.25, 0.3) is 0 Å². The number of thiophene rings is 1. The van der Waals surface area contributed by atoms with Gasteiger partial charge in [0.2, 0.25) is 0 Å². The van der Waals surface area contributed by atoms with Gasteiger partial charge in [0.05, 0.1) is 23.8 Å². The molecule has 0 spiro atoms. The fourth-order valence-corrected chi connectivity index (χ4v) is 3.30. The van der Waals surface area contributed by atoms with Gasteiger partial charge in [0.25, 0.3) is 11.8 Å². The fourth-order valence-electron chi connectivity index (χ4n) is 2.61. The van der Waals surface area contributed by atoms with Crippen LogP contribution in [0.4, 0.5) is 5.69 Å². The molecule has 0 saturated carbocycles. The van der Waals surface area contributed by atoms with E-state index in [9.17, 15) is 9.59 Å². The van der Waals surface area contributed by atoms with Crippen molar-refractivity contribution < 1.29 is 14.3 Å². The van der Waals surface area contributed by atoms with Gasteiger partial charge in [-0.05, 0) is 17.7 Å². The number of hydrogen-bond donors (Lipinski definition) is 2. The lowest BCUT2D eigenvalue weighted by Crippen LogP contribution is -2.36. The Labute approximate surface area is 144 Å². The van der Waals surface area contributed by atoms with Crippen LogP contribution in [0.2, 0.25) is 0 Å². The quantitative estimate of drug-likeness (QED) is 0.867. The summed E-state index contributed by atoms with van der Waals surface area (Å²) in [7, 11) is 0. The average molecular weight is 345 g/mol. The van der Waals surface area contributed by atoms with Crippen molar-refractivity contribution in [3.05, 3.63) is 51.7 Å². The Hall–Kier alpha value is -2.22. The lowest BCUT2D eigenvalue weighted by Gasteiger charge is -2.27. The average Bonchev–Trinajstić information content (AvgIpc) is 3.05. The van der Waals surface area contributed by atoms with Gasteiger partial charge in [0.1, 0.15) is 0 Å². The molecule has 0 atom stereocenters. The molecule has 7 heteroatoms. The molecule has 1 aromatic heterocycles. The standard InChI is InChI=1S/C17H19N3O3S/c18-16(21)15-9-13(11-24-15)19-17(22)14-4-2-1-3-12(14)10-20-5-7-23-8-6-20/h1-4,9,11H,5-8,10H2,(H2,18,21)(H,19,22).